The number of benzene rings is 1. The highest BCUT2D eigenvalue weighted by molar-refractivity contribution is 5.98. The van der Waals surface area contributed by atoms with E-state index in [4.69, 9.17) is 13.9 Å². The largest absolute Gasteiger partial charge is 0.497 e. The fourth-order valence-corrected chi connectivity index (χ4v) is 2.19. The summed E-state index contributed by atoms with van der Waals surface area (Å²) in [6.07, 6.45) is 6.75. The molecule has 0 spiro atoms. The van der Waals surface area contributed by atoms with Crippen LogP contribution in [-0.2, 0) is 0 Å². The minimum absolute atomic E-state index is 0.285. The Morgan fingerprint density at radius 1 is 1.17 bits per heavy atom. The second kappa shape index (κ2) is 6.87. The quantitative estimate of drug-likeness (QED) is 0.720. The van der Waals surface area contributed by atoms with Crippen LogP contribution in [0.25, 0.3) is 12.2 Å². The lowest BCUT2D eigenvalue weighted by atomic mass is 10.2. The van der Waals surface area contributed by atoms with Gasteiger partial charge in [0.1, 0.15) is 17.3 Å². The molecule has 3 aromatic rings. The molecule has 24 heavy (non-hydrogen) atoms. The maximum atomic E-state index is 12.6. The van der Waals surface area contributed by atoms with Crippen LogP contribution in [0.4, 0.5) is 0 Å². The first-order valence-electron chi connectivity index (χ1n) is 7.25. The molecule has 0 aliphatic heterocycles. The summed E-state index contributed by atoms with van der Waals surface area (Å²) in [4.78, 5) is 12.6. The van der Waals surface area contributed by atoms with E-state index in [1.165, 1.54) is 11.8 Å². The van der Waals surface area contributed by atoms with Crippen molar-refractivity contribution in [2.24, 2.45) is 0 Å². The van der Waals surface area contributed by atoms with E-state index in [1.54, 1.807) is 62.1 Å². The Kier molecular flexibility index (Phi) is 4.47. The summed E-state index contributed by atoms with van der Waals surface area (Å²) < 4.78 is 16.9. The highest BCUT2D eigenvalue weighted by atomic mass is 16.5. The minimum atomic E-state index is -0.285. The van der Waals surface area contributed by atoms with Crippen LogP contribution in [0.5, 0.6) is 11.5 Å². The van der Waals surface area contributed by atoms with Gasteiger partial charge in [-0.2, -0.15) is 5.10 Å². The first-order chi connectivity index (χ1) is 11.7. The van der Waals surface area contributed by atoms with Crippen molar-refractivity contribution in [3.8, 4) is 11.5 Å². The molecular weight excluding hydrogens is 308 g/mol. The van der Waals surface area contributed by atoms with Gasteiger partial charge in [-0.05, 0) is 42.5 Å². The summed E-state index contributed by atoms with van der Waals surface area (Å²) in [5.74, 6) is 1.48. The van der Waals surface area contributed by atoms with Crippen LogP contribution in [-0.4, -0.2) is 29.9 Å². The number of nitrogens with zero attached hydrogens (tertiary/aromatic N) is 2. The molecule has 6 nitrogen and oxygen atoms in total. The van der Waals surface area contributed by atoms with E-state index >= 15 is 0 Å². The van der Waals surface area contributed by atoms with Crippen molar-refractivity contribution in [2.75, 3.05) is 14.2 Å². The van der Waals surface area contributed by atoms with Crippen LogP contribution in [0.3, 0.4) is 0 Å². The predicted octanol–water partition coefficient (Wildman–Crippen LogP) is 3.35. The maximum Gasteiger partial charge on any atom is 0.281 e. The smallest absolute Gasteiger partial charge is 0.281 e. The monoisotopic (exact) mass is 324 g/mol. The van der Waals surface area contributed by atoms with E-state index in [0.717, 1.165) is 0 Å². The Morgan fingerprint density at radius 2 is 2.04 bits per heavy atom. The molecular formula is C18H16N2O4. The van der Waals surface area contributed by atoms with E-state index in [0.29, 0.717) is 28.5 Å². The Bertz CT molecular complexity index is 863. The van der Waals surface area contributed by atoms with Crippen LogP contribution >= 0.6 is 0 Å². The molecule has 0 amide bonds. The lowest BCUT2D eigenvalue weighted by molar-refractivity contribution is 0.0942. The van der Waals surface area contributed by atoms with Gasteiger partial charge < -0.3 is 13.9 Å². The van der Waals surface area contributed by atoms with Gasteiger partial charge in [0.2, 0.25) is 0 Å². The fraction of sp³-hybridized carbons (Fsp3) is 0.111. The number of furan rings is 1. The summed E-state index contributed by atoms with van der Waals surface area (Å²) in [6.45, 7) is 0. The van der Waals surface area contributed by atoms with Gasteiger partial charge in [0, 0.05) is 12.3 Å². The van der Waals surface area contributed by atoms with Crippen LogP contribution in [0, 0.1) is 0 Å². The summed E-state index contributed by atoms with van der Waals surface area (Å²) in [6, 6.07) is 10.4. The molecule has 0 N–H and O–H groups in total. The predicted molar refractivity (Wildman–Crippen MR) is 89.1 cm³/mol. The average molecular weight is 324 g/mol. The Morgan fingerprint density at radius 3 is 2.75 bits per heavy atom. The zero-order valence-corrected chi connectivity index (χ0v) is 13.3. The zero-order chi connectivity index (χ0) is 16.9. The third kappa shape index (κ3) is 3.22. The number of carbonyl (C=O) groups is 1. The molecule has 6 heteroatoms. The van der Waals surface area contributed by atoms with Crippen molar-refractivity contribution >= 4 is 18.1 Å². The van der Waals surface area contributed by atoms with Crippen molar-refractivity contribution in [1.82, 2.24) is 9.78 Å². The Balaban J connectivity index is 1.83. The summed E-state index contributed by atoms with van der Waals surface area (Å²) in [7, 11) is 3.06. The Labute approximate surface area is 138 Å². The molecule has 3 rings (SSSR count). The van der Waals surface area contributed by atoms with E-state index in [9.17, 15) is 4.79 Å². The molecule has 0 saturated carbocycles. The molecule has 0 unspecified atom stereocenters. The molecule has 2 aromatic heterocycles. The van der Waals surface area contributed by atoms with Gasteiger partial charge in [-0.25, -0.2) is 4.68 Å². The minimum Gasteiger partial charge on any atom is -0.497 e. The van der Waals surface area contributed by atoms with E-state index in [2.05, 4.69) is 5.10 Å². The van der Waals surface area contributed by atoms with Crippen LogP contribution in [0.2, 0.25) is 0 Å². The van der Waals surface area contributed by atoms with Gasteiger partial charge >= 0.3 is 0 Å². The molecule has 0 saturated heterocycles. The number of aromatic nitrogens is 2. The zero-order valence-electron chi connectivity index (χ0n) is 13.3. The van der Waals surface area contributed by atoms with Gasteiger partial charge in [0.05, 0.1) is 31.7 Å². The summed E-state index contributed by atoms with van der Waals surface area (Å²) in [5.41, 5.74) is 1.05. The second-order valence-electron chi connectivity index (χ2n) is 4.91. The van der Waals surface area contributed by atoms with Crippen LogP contribution < -0.4 is 9.47 Å². The van der Waals surface area contributed by atoms with Gasteiger partial charge in [0.25, 0.3) is 5.91 Å². The first kappa shape index (κ1) is 15.6. The third-order valence-electron chi connectivity index (χ3n) is 3.42. The fourth-order valence-electron chi connectivity index (χ4n) is 2.19. The van der Waals surface area contributed by atoms with E-state index in [-0.39, 0.29) is 5.91 Å². The Hall–Kier alpha value is -3.28. The molecule has 122 valence electrons. The van der Waals surface area contributed by atoms with Gasteiger partial charge in [-0.1, -0.05) is 0 Å². The van der Waals surface area contributed by atoms with Crippen molar-refractivity contribution in [1.29, 1.82) is 0 Å². The second-order valence-corrected chi connectivity index (χ2v) is 4.91. The van der Waals surface area contributed by atoms with Gasteiger partial charge in [-0.3, -0.25) is 4.79 Å². The average Bonchev–Trinajstić information content (AvgIpc) is 3.30. The number of ether oxygens (including phenoxy) is 2. The van der Waals surface area contributed by atoms with Gasteiger partial charge in [0.15, 0.2) is 0 Å². The van der Waals surface area contributed by atoms with Crippen molar-refractivity contribution < 1.29 is 18.7 Å². The molecule has 1 aromatic carbocycles. The molecule has 2 heterocycles. The van der Waals surface area contributed by atoms with Crippen LogP contribution in [0.15, 0.2) is 53.3 Å². The summed E-state index contributed by atoms with van der Waals surface area (Å²) in [5, 5.41) is 4.26. The standard InChI is InChI=1S/C18H16N2O4/c1-22-15-7-8-16(17(12-15)23-2)18(21)20-10-9-13(19-20)5-6-14-4-3-11-24-14/h3-12H,1-2H3/b6-5+. The number of rotatable bonds is 5. The molecule has 0 bridgehead atoms. The van der Waals surface area contributed by atoms with E-state index in [1.807, 2.05) is 6.07 Å². The SMILES string of the molecule is COc1ccc(C(=O)n2ccc(/C=C/c3ccco3)n2)c(OC)c1. The first-order valence-corrected chi connectivity index (χ1v) is 7.25. The number of hydrogen-bond donors (Lipinski definition) is 0. The molecule has 0 fully saturated rings. The topological polar surface area (TPSA) is 66.5 Å². The third-order valence-corrected chi connectivity index (χ3v) is 3.42. The maximum absolute atomic E-state index is 12.6. The molecule has 0 radical (unpaired) electrons. The molecule has 0 aliphatic carbocycles. The van der Waals surface area contributed by atoms with Crippen molar-refractivity contribution in [3.05, 3.63) is 65.9 Å². The normalized spacial score (nSPS) is 10.9. The number of hydrogen-bond acceptors (Lipinski definition) is 5. The van der Waals surface area contributed by atoms with E-state index < -0.39 is 0 Å². The lowest BCUT2D eigenvalue weighted by Gasteiger charge is -2.09. The highest BCUT2D eigenvalue weighted by Crippen LogP contribution is 2.25. The molecule has 0 aliphatic rings. The van der Waals surface area contributed by atoms with Gasteiger partial charge in [-0.15, -0.1) is 0 Å². The van der Waals surface area contributed by atoms with Crippen LogP contribution in [0.1, 0.15) is 21.8 Å². The summed E-state index contributed by atoms with van der Waals surface area (Å²) >= 11 is 0. The lowest BCUT2D eigenvalue weighted by Crippen LogP contribution is -2.14. The van der Waals surface area contributed by atoms with Crippen molar-refractivity contribution in [3.63, 3.8) is 0 Å². The highest BCUT2D eigenvalue weighted by Gasteiger charge is 2.16. The van der Waals surface area contributed by atoms with Crippen molar-refractivity contribution in [2.45, 2.75) is 0 Å². The molecule has 0 atom stereocenters. The number of methoxy groups -OCH3 is 2. The number of carbonyl (C=O) groups excluding carboxylic acids is 1.